The number of hydrogen-bond donors (Lipinski definition) is 1. The summed E-state index contributed by atoms with van der Waals surface area (Å²) < 4.78 is 0. The van der Waals surface area contributed by atoms with Crippen LogP contribution in [-0.4, -0.2) is 17.9 Å². The SMILES string of the molecule is O=C(CC1CC2CCC(C1)N2)C1CCC1. The van der Waals surface area contributed by atoms with Crippen molar-refractivity contribution >= 4 is 5.78 Å². The van der Waals surface area contributed by atoms with E-state index in [9.17, 15) is 4.79 Å². The first-order valence-electron chi connectivity index (χ1n) is 6.60. The molecule has 1 saturated carbocycles. The van der Waals surface area contributed by atoms with Crippen LogP contribution in [0.5, 0.6) is 0 Å². The maximum absolute atomic E-state index is 11.9. The first-order chi connectivity index (χ1) is 7.31. The van der Waals surface area contributed by atoms with Gasteiger partial charge in [-0.2, -0.15) is 0 Å². The van der Waals surface area contributed by atoms with Gasteiger partial charge in [-0.1, -0.05) is 6.42 Å². The Kier molecular flexibility index (Phi) is 2.55. The molecule has 15 heavy (non-hydrogen) atoms. The van der Waals surface area contributed by atoms with Gasteiger partial charge in [-0.05, 0) is 44.4 Å². The lowest BCUT2D eigenvalue weighted by Crippen LogP contribution is -2.39. The maximum atomic E-state index is 11.9. The first-order valence-corrected chi connectivity index (χ1v) is 6.60. The molecular weight excluding hydrogens is 186 g/mol. The second kappa shape index (κ2) is 3.89. The zero-order valence-corrected chi connectivity index (χ0v) is 9.37. The highest BCUT2D eigenvalue weighted by Gasteiger charge is 2.35. The van der Waals surface area contributed by atoms with Gasteiger partial charge in [0.2, 0.25) is 0 Å². The standard InChI is InChI=1S/C13H21NO/c15-13(10-2-1-3-10)8-9-6-11-4-5-12(7-9)14-11/h9-12,14H,1-8H2. The number of nitrogens with one attached hydrogen (secondary N) is 1. The van der Waals surface area contributed by atoms with Crippen LogP contribution in [-0.2, 0) is 4.79 Å². The minimum absolute atomic E-state index is 0.456. The molecule has 0 aromatic heterocycles. The Hall–Kier alpha value is -0.370. The molecule has 0 spiro atoms. The molecule has 1 N–H and O–H groups in total. The highest BCUT2D eigenvalue weighted by Crippen LogP contribution is 2.35. The van der Waals surface area contributed by atoms with Gasteiger partial charge in [0, 0.05) is 24.4 Å². The van der Waals surface area contributed by atoms with Crippen molar-refractivity contribution in [3.63, 3.8) is 0 Å². The summed E-state index contributed by atoms with van der Waals surface area (Å²) in [6.45, 7) is 0. The third kappa shape index (κ3) is 1.96. The second-order valence-electron chi connectivity index (χ2n) is 5.77. The molecule has 2 bridgehead atoms. The van der Waals surface area contributed by atoms with Gasteiger partial charge in [0.1, 0.15) is 5.78 Å². The summed E-state index contributed by atoms with van der Waals surface area (Å²) in [6.07, 6.45) is 9.74. The molecule has 2 heteroatoms. The summed E-state index contributed by atoms with van der Waals surface area (Å²) in [5, 5.41) is 3.64. The lowest BCUT2D eigenvalue weighted by Gasteiger charge is -2.31. The minimum atomic E-state index is 0.456. The quantitative estimate of drug-likeness (QED) is 0.769. The zero-order chi connectivity index (χ0) is 10.3. The maximum Gasteiger partial charge on any atom is 0.136 e. The fourth-order valence-electron chi connectivity index (χ4n) is 3.52. The molecule has 3 aliphatic rings. The molecule has 2 atom stereocenters. The van der Waals surface area contributed by atoms with Crippen molar-refractivity contribution in [3.05, 3.63) is 0 Å². The van der Waals surface area contributed by atoms with Gasteiger partial charge in [-0.25, -0.2) is 0 Å². The van der Waals surface area contributed by atoms with Gasteiger partial charge in [0.15, 0.2) is 0 Å². The van der Waals surface area contributed by atoms with Crippen LogP contribution in [0.4, 0.5) is 0 Å². The van der Waals surface area contributed by atoms with E-state index in [2.05, 4.69) is 5.32 Å². The molecule has 0 amide bonds. The molecule has 3 fully saturated rings. The molecule has 2 aliphatic heterocycles. The van der Waals surface area contributed by atoms with Crippen LogP contribution >= 0.6 is 0 Å². The van der Waals surface area contributed by atoms with Crippen LogP contribution in [0, 0.1) is 11.8 Å². The highest BCUT2D eigenvalue weighted by atomic mass is 16.1. The molecular formula is C13H21NO. The van der Waals surface area contributed by atoms with Gasteiger partial charge >= 0.3 is 0 Å². The number of Topliss-reactive ketones (excluding diaryl/α,β-unsaturated/α-hetero) is 1. The number of piperidine rings is 1. The van der Waals surface area contributed by atoms with E-state index >= 15 is 0 Å². The largest absolute Gasteiger partial charge is 0.311 e. The molecule has 1 aliphatic carbocycles. The number of hydrogen-bond acceptors (Lipinski definition) is 2. The first kappa shape index (κ1) is 9.83. The summed E-state index contributed by atoms with van der Waals surface area (Å²) in [5.41, 5.74) is 0. The Balaban J connectivity index is 1.52. The summed E-state index contributed by atoms with van der Waals surface area (Å²) in [7, 11) is 0. The molecule has 2 heterocycles. The Labute approximate surface area is 91.8 Å². The summed E-state index contributed by atoms with van der Waals surface area (Å²) >= 11 is 0. The van der Waals surface area contributed by atoms with Gasteiger partial charge in [0.25, 0.3) is 0 Å². The number of ketones is 1. The molecule has 3 rings (SSSR count). The Morgan fingerprint density at radius 1 is 1.07 bits per heavy atom. The smallest absolute Gasteiger partial charge is 0.136 e. The van der Waals surface area contributed by atoms with E-state index in [0.717, 1.165) is 18.5 Å². The van der Waals surface area contributed by atoms with E-state index in [4.69, 9.17) is 0 Å². The highest BCUT2D eigenvalue weighted by molar-refractivity contribution is 5.81. The van der Waals surface area contributed by atoms with Crippen molar-refractivity contribution < 1.29 is 4.79 Å². The Morgan fingerprint density at radius 3 is 2.27 bits per heavy atom. The van der Waals surface area contributed by atoms with Crippen LogP contribution in [0.25, 0.3) is 0 Å². The number of carbonyl (C=O) groups is 1. The van der Waals surface area contributed by atoms with E-state index in [1.54, 1.807) is 0 Å². The van der Waals surface area contributed by atoms with E-state index in [-0.39, 0.29) is 0 Å². The van der Waals surface area contributed by atoms with Gasteiger partial charge in [-0.15, -0.1) is 0 Å². The van der Waals surface area contributed by atoms with Gasteiger partial charge in [0.05, 0.1) is 0 Å². The van der Waals surface area contributed by atoms with Crippen LogP contribution in [0.2, 0.25) is 0 Å². The van der Waals surface area contributed by atoms with E-state index in [1.165, 1.54) is 44.9 Å². The van der Waals surface area contributed by atoms with Gasteiger partial charge < -0.3 is 5.32 Å². The molecule has 84 valence electrons. The fourth-order valence-corrected chi connectivity index (χ4v) is 3.52. The van der Waals surface area contributed by atoms with Crippen LogP contribution in [0.15, 0.2) is 0 Å². The van der Waals surface area contributed by atoms with Crippen molar-refractivity contribution in [2.45, 2.75) is 63.5 Å². The molecule has 2 unspecified atom stereocenters. The summed E-state index contributed by atoms with van der Waals surface area (Å²) in [5.74, 6) is 1.74. The zero-order valence-electron chi connectivity index (χ0n) is 9.37. The van der Waals surface area contributed by atoms with Crippen LogP contribution in [0.1, 0.15) is 51.4 Å². The fraction of sp³-hybridized carbons (Fsp3) is 0.923. The third-order valence-corrected chi connectivity index (χ3v) is 4.62. The molecule has 0 radical (unpaired) electrons. The predicted molar refractivity (Wildman–Crippen MR) is 59.6 cm³/mol. The third-order valence-electron chi connectivity index (χ3n) is 4.62. The summed E-state index contributed by atoms with van der Waals surface area (Å²) in [6, 6.07) is 1.48. The average molecular weight is 207 g/mol. The number of carbonyl (C=O) groups excluding carboxylic acids is 1. The molecule has 2 saturated heterocycles. The molecule has 0 aromatic carbocycles. The van der Waals surface area contributed by atoms with E-state index < -0.39 is 0 Å². The van der Waals surface area contributed by atoms with Crippen LogP contribution in [0.3, 0.4) is 0 Å². The van der Waals surface area contributed by atoms with E-state index in [0.29, 0.717) is 17.6 Å². The van der Waals surface area contributed by atoms with Gasteiger partial charge in [-0.3, -0.25) is 4.79 Å². The lowest BCUT2D eigenvalue weighted by molar-refractivity contribution is -0.126. The minimum Gasteiger partial charge on any atom is -0.311 e. The number of fused-ring (bicyclic) bond motifs is 2. The normalized spacial score (nSPS) is 40.1. The predicted octanol–water partition coefficient (Wildman–Crippen LogP) is 2.28. The average Bonchev–Trinajstić information content (AvgIpc) is 2.42. The lowest BCUT2D eigenvalue weighted by atomic mass is 9.77. The van der Waals surface area contributed by atoms with Crippen molar-refractivity contribution in [2.75, 3.05) is 0 Å². The van der Waals surface area contributed by atoms with Crippen molar-refractivity contribution in [1.29, 1.82) is 0 Å². The van der Waals surface area contributed by atoms with Crippen molar-refractivity contribution in [1.82, 2.24) is 5.32 Å². The van der Waals surface area contributed by atoms with Crippen molar-refractivity contribution in [3.8, 4) is 0 Å². The Morgan fingerprint density at radius 2 is 1.73 bits per heavy atom. The summed E-state index contributed by atoms with van der Waals surface area (Å²) in [4.78, 5) is 11.9. The topological polar surface area (TPSA) is 29.1 Å². The number of rotatable bonds is 3. The second-order valence-corrected chi connectivity index (χ2v) is 5.77. The molecule has 2 nitrogen and oxygen atoms in total. The van der Waals surface area contributed by atoms with E-state index in [1.807, 2.05) is 0 Å². The molecule has 0 aromatic rings. The monoisotopic (exact) mass is 207 g/mol. The van der Waals surface area contributed by atoms with Crippen LogP contribution < -0.4 is 5.32 Å². The van der Waals surface area contributed by atoms with Crippen molar-refractivity contribution in [2.24, 2.45) is 11.8 Å². The Bertz CT molecular complexity index is 247.